The van der Waals surface area contributed by atoms with E-state index in [4.69, 9.17) is 21.6 Å². The number of benzene rings is 3. The fourth-order valence-corrected chi connectivity index (χ4v) is 5.60. The summed E-state index contributed by atoms with van der Waals surface area (Å²) in [6.45, 7) is 2.16. The third-order valence-electron chi connectivity index (χ3n) is 7.84. The number of amides is 1. The minimum absolute atomic E-state index is 0.00229. The first-order chi connectivity index (χ1) is 19.3. The normalized spacial score (nSPS) is 17.4. The molecule has 0 spiro atoms. The lowest BCUT2D eigenvalue weighted by molar-refractivity contribution is 0.0917. The van der Waals surface area contributed by atoms with Gasteiger partial charge < -0.3 is 31.0 Å². The molecule has 8 heteroatoms. The second-order valence-electron chi connectivity index (χ2n) is 11.2. The zero-order valence-corrected chi connectivity index (χ0v) is 23.5. The predicted octanol–water partition coefficient (Wildman–Crippen LogP) is 4.46. The quantitative estimate of drug-likeness (QED) is 0.134. The number of carbonyl (C=O) groups excluding carboxylic acids is 1. The van der Waals surface area contributed by atoms with Crippen molar-refractivity contribution in [3.05, 3.63) is 77.5 Å². The second kappa shape index (κ2) is 12.1. The molecule has 0 bridgehead atoms. The molecule has 1 aliphatic carbocycles. The molecule has 0 atom stereocenters. The van der Waals surface area contributed by atoms with Crippen molar-refractivity contribution in [3.8, 4) is 5.75 Å². The Morgan fingerprint density at radius 3 is 2.60 bits per heavy atom. The Balaban J connectivity index is 1.46. The second-order valence-corrected chi connectivity index (χ2v) is 11.2. The average molecular weight is 541 g/mol. The van der Waals surface area contributed by atoms with Crippen molar-refractivity contribution in [2.75, 3.05) is 27.2 Å². The number of hydrogen-bond donors (Lipinski definition) is 4. The lowest BCUT2D eigenvalue weighted by Crippen LogP contribution is -2.41. The maximum Gasteiger partial charge on any atom is 0.268 e. The third-order valence-corrected chi connectivity index (χ3v) is 7.84. The zero-order valence-electron chi connectivity index (χ0n) is 23.5. The topological polar surface area (TPSA) is 122 Å². The number of amidine groups is 1. The molecule has 4 aromatic rings. The number of nitrogens with one attached hydrogen (secondary N) is 2. The van der Waals surface area contributed by atoms with Crippen molar-refractivity contribution in [2.45, 2.75) is 50.7 Å². The van der Waals surface area contributed by atoms with E-state index in [-0.39, 0.29) is 23.8 Å². The van der Waals surface area contributed by atoms with Gasteiger partial charge in [0.25, 0.3) is 5.91 Å². The molecule has 1 fully saturated rings. The van der Waals surface area contributed by atoms with E-state index in [2.05, 4.69) is 48.6 Å². The number of hydrogen-bond acceptors (Lipinski definition) is 5. The molecule has 3 aromatic carbocycles. The molecule has 40 heavy (non-hydrogen) atoms. The van der Waals surface area contributed by atoms with Gasteiger partial charge in [-0.2, -0.15) is 0 Å². The van der Waals surface area contributed by atoms with Gasteiger partial charge in [0, 0.05) is 41.6 Å². The fourth-order valence-electron chi connectivity index (χ4n) is 5.60. The molecule has 0 saturated heterocycles. The molecule has 6 N–H and O–H groups in total. The van der Waals surface area contributed by atoms with E-state index in [0.29, 0.717) is 24.4 Å². The summed E-state index contributed by atoms with van der Waals surface area (Å²) in [5.74, 6) is 0.769. The molecule has 0 aliphatic heterocycles. The molecule has 1 saturated carbocycles. The molecular weight excluding hydrogens is 500 g/mol. The Bertz CT molecular complexity index is 1520. The Morgan fingerprint density at radius 1 is 1.05 bits per heavy atom. The summed E-state index contributed by atoms with van der Waals surface area (Å²) >= 11 is 0. The molecular formula is C32H40N6O2. The minimum Gasteiger partial charge on any atom is -0.494 e. The maximum absolute atomic E-state index is 13.6. The smallest absolute Gasteiger partial charge is 0.268 e. The number of ether oxygens (including phenoxy) is 1. The van der Waals surface area contributed by atoms with Crippen LogP contribution in [0, 0.1) is 5.41 Å². The van der Waals surface area contributed by atoms with Crippen LogP contribution >= 0.6 is 0 Å². The summed E-state index contributed by atoms with van der Waals surface area (Å²) < 4.78 is 8.06. The van der Waals surface area contributed by atoms with Gasteiger partial charge in [-0.05, 0) is 86.8 Å². The average Bonchev–Trinajstić information content (AvgIpc) is 3.30. The van der Waals surface area contributed by atoms with Crippen LogP contribution in [-0.2, 0) is 6.54 Å². The van der Waals surface area contributed by atoms with Crippen LogP contribution < -0.4 is 21.5 Å². The monoisotopic (exact) mass is 540 g/mol. The lowest BCUT2D eigenvalue weighted by Gasteiger charge is -2.27. The standard InChI is InChI=1S/C32H40N6O2/c1-37(2)15-4-16-40-27-13-14-28-21(17-27)5-3-6-24(28)20-38-29-19-23(31(34)35)8-7-22(29)18-30(38)32(39)36-26-11-9-25(33)10-12-26/h3,5-8,13-14,17-19,25-26H,4,9-12,15-16,20,33H2,1-2H3,(H3,34,35)(H,36,39). The lowest BCUT2D eigenvalue weighted by atomic mass is 9.92. The number of rotatable bonds is 10. The highest BCUT2D eigenvalue weighted by molar-refractivity contribution is 6.02. The van der Waals surface area contributed by atoms with Crippen LogP contribution in [0.3, 0.4) is 0 Å². The van der Waals surface area contributed by atoms with E-state index < -0.39 is 0 Å². The molecule has 0 unspecified atom stereocenters. The summed E-state index contributed by atoms with van der Waals surface area (Å²) in [5, 5.41) is 14.3. The van der Waals surface area contributed by atoms with Gasteiger partial charge in [0.1, 0.15) is 17.3 Å². The fraction of sp³-hybridized carbons (Fsp3) is 0.375. The van der Waals surface area contributed by atoms with Crippen molar-refractivity contribution in [2.24, 2.45) is 11.5 Å². The third kappa shape index (κ3) is 6.29. The molecule has 1 aromatic heterocycles. The van der Waals surface area contributed by atoms with E-state index in [1.807, 2.05) is 41.0 Å². The summed E-state index contributed by atoms with van der Waals surface area (Å²) in [5.41, 5.74) is 15.1. The van der Waals surface area contributed by atoms with Crippen molar-refractivity contribution < 1.29 is 9.53 Å². The van der Waals surface area contributed by atoms with Gasteiger partial charge in [0.05, 0.1) is 6.61 Å². The van der Waals surface area contributed by atoms with E-state index in [9.17, 15) is 4.79 Å². The first-order valence-corrected chi connectivity index (χ1v) is 14.1. The number of fused-ring (bicyclic) bond motifs is 2. The minimum atomic E-state index is -0.0882. The first kappa shape index (κ1) is 27.7. The largest absolute Gasteiger partial charge is 0.494 e. The van der Waals surface area contributed by atoms with Crippen molar-refractivity contribution >= 4 is 33.4 Å². The number of aromatic nitrogens is 1. The predicted molar refractivity (Wildman–Crippen MR) is 162 cm³/mol. The molecule has 5 rings (SSSR count). The van der Waals surface area contributed by atoms with E-state index in [1.165, 1.54) is 0 Å². The van der Waals surface area contributed by atoms with Gasteiger partial charge in [-0.1, -0.05) is 36.4 Å². The van der Waals surface area contributed by atoms with Crippen LogP contribution in [0.1, 0.15) is 53.7 Å². The number of nitrogens with two attached hydrogens (primary N) is 2. The van der Waals surface area contributed by atoms with Crippen LogP contribution in [0.25, 0.3) is 21.7 Å². The van der Waals surface area contributed by atoms with Gasteiger partial charge in [0.2, 0.25) is 0 Å². The highest BCUT2D eigenvalue weighted by Gasteiger charge is 2.23. The molecule has 8 nitrogen and oxygen atoms in total. The van der Waals surface area contributed by atoms with Crippen LogP contribution in [0.15, 0.2) is 60.7 Å². The van der Waals surface area contributed by atoms with Gasteiger partial charge in [-0.15, -0.1) is 0 Å². The van der Waals surface area contributed by atoms with E-state index >= 15 is 0 Å². The Kier molecular flexibility index (Phi) is 8.38. The van der Waals surface area contributed by atoms with Crippen LogP contribution in [0.2, 0.25) is 0 Å². The van der Waals surface area contributed by atoms with Gasteiger partial charge in [-0.3, -0.25) is 10.2 Å². The highest BCUT2D eigenvalue weighted by atomic mass is 16.5. The van der Waals surface area contributed by atoms with Crippen LogP contribution in [0.5, 0.6) is 5.75 Å². The van der Waals surface area contributed by atoms with E-state index in [1.54, 1.807) is 0 Å². The van der Waals surface area contributed by atoms with Gasteiger partial charge in [-0.25, -0.2) is 0 Å². The van der Waals surface area contributed by atoms with Crippen molar-refractivity contribution in [1.29, 1.82) is 5.41 Å². The summed E-state index contributed by atoms with van der Waals surface area (Å²) in [6.07, 6.45) is 4.60. The number of nitrogens with zero attached hydrogens (tertiary/aromatic N) is 2. The molecule has 1 aliphatic rings. The highest BCUT2D eigenvalue weighted by Crippen LogP contribution is 2.28. The number of nitrogen functional groups attached to an aromatic ring is 1. The Labute approximate surface area is 235 Å². The molecule has 1 amide bonds. The molecule has 210 valence electrons. The van der Waals surface area contributed by atoms with Crippen LogP contribution in [-0.4, -0.2) is 60.5 Å². The van der Waals surface area contributed by atoms with Crippen molar-refractivity contribution in [3.63, 3.8) is 0 Å². The summed E-state index contributed by atoms with van der Waals surface area (Å²) in [7, 11) is 4.13. The SMILES string of the molecule is CN(C)CCCOc1ccc2c(Cn3c(C(=O)NC4CCC(N)CC4)cc4ccc(C(=N)N)cc43)cccc2c1. The maximum atomic E-state index is 13.6. The Hall–Kier alpha value is -3.88. The van der Waals surface area contributed by atoms with Crippen molar-refractivity contribution in [1.82, 2.24) is 14.8 Å². The van der Waals surface area contributed by atoms with Gasteiger partial charge in [0.15, 0.2) is 0 Å². The Morgan fingerprint density at radius 2 is 1.85 bits per heavy atom. The summed E-state index contributed by atoms with van der Waals surface area (Å²) in [6, 6.07) is 20.4. The first-order valence-electron chi connectivity index (χ1n) is 14.1. The molecule has 0 radical (unpaired) electrons. The summed E-state index contributed by atoms with van der Waals surface area (Å²) in [4.78, 5) is 15.8. The van der Waals surface area contributed by atoms with Crippen LogP contribution in [0.4, 0.5) is 0 Å². The molecule has 1 heterocycles. The van der Waals surface area contributed by atoms with E-state index in [0.717, 1.165) is 71.6 Å². The van der Waals surface area contributed by atoms with Gasteiger partial charge >= 0.3 is 0 Å². The number of carbonyl (C=O) groups is 1. The zero-order chi connectivity index (χ0) is 28.2.